The molecule has 60 valence electrons. The van der Waals surface area contributed by atoms with E-state index >= 15 is 0 Å². The Morgan fingerprint density at radius 3 is 2.80 bits per heavy atom. The molecule has 0 radical (unpaired) electrons. The zero-order valence-electron chi connectivity index (χ0n) is 7.06. The van der Waals surface area contributed by atoms with Crippen molar-refractivity contribution in [1.82, 2.24) is 10.4 Å². The first-order valence-electron chi connectivity index (χ1n) is 4.27. The van der Waals surface area contributed by atoms with E-state index in [4.69, 9.17) is 0 Å². The highest BCUT2D eigenvalue weighted by Crippen LogP contribution is 2.03. The molecule has 1 fully saturated rings. The maximum Gasteiger partial charge on any atom is 0.0143 e. The third-order valence-electron chi connectivity index (χ3n) is 1.92. The molecule has 0 amide bonds. The minimum Gasteiger partial charge on any atom is -0.255 e. The third-order valence-corrected chi connectivity index (χ3v) is 1.92. The molecule has 1 saturated heterocycles. The van der Waals surface area contributed by atoms with Crippen molar-refractivity contribution in [2.75, 3.05) is 19.6 Å². The number of hydrazine groups is 1. The quantitative estimate of drug-likeness (QED) is 0.638. The van der Waals surface area contributed by atoms with Crippen molar-refractivity contribution in [2.24, 2.45) is 5.92 Å². The Hall–Kier alpha value is -0.0800. The van der Waals surface area contributed by atoms with Gasteiger partial charge in [-0.25, -0.2) is 5.01 Å². The van der Waals surface area contributed by atoms with E-state index in [9.17, 15) is 0 Å². The van der Waals surface area contributed by atoms with Crippen LogP contribution >= 0.6 is 0 Å². The molecule has 10 heavy (non-hydrogen) atoms. The first-order chi connectivity index (χ1) is 4.79. The summed E-state index contributed by atoms with van der Waals surface area (Å²) in [6.45, 7) is 8.19. The zero-order valence-corrected chi connectivity index (χ0v) is 7.06. The summed E-state index contributed by atoms with van der Waals surface area (Å²) < 4.78 is 0. The van der Waals surface area contributed by atoms with Crippen molar-refractivity contribution < 1.29 is 0 Å². The van der Waals surface area contributed by atoms with E-state index in [0.717, 1.165) is 5.92 Å². The van der Waals surface area contributed by atoms with Gasteiger partial charge in [-0.2, -0.15) is 0 Å². The molecular formula is C8H18N2. The van der Waals surface area contributed by atoms with E-state index in [1.807, 2.05) is 0 Å². The molecule has 0 saturated carbocycles. The van der Waals surface area contributed by atoms with Crippen LogP contribution in [0.4, 0.5) is 0 Å². The molecule has 0 aromatic rings. The summed E-state index contributed by atoms with van der Waals surface area (Å²) in [6.07, 6.45) is 2.63. The fraction of sp³-hybridized carbons (Fsp3) is 1.00. The summed E-state index contributed by atoms with van der Waals surface area (Å²) in [4.78, 5) is 0. The number of rotatable bonds is 3. The molecule has 2 nitrogen and oxygen atoms in total. The standard InChI is InChI=1S/C8H18N2/c1-8(2)4-7-10-6-3-5-9-10/h8-9H,3-7H2,1-2H3. The van der Waals surface area contributed by atoms with Crippen molar-refractivity contribution in [2.45, 2.75) is 26.7 Å². The maximum atomic E-state index is 3.35. The minimum absolute atomic E-state index is 0.836. The SMILES string of the molecule is CC(C)CCN1CCCN1. The van der Waals surface area contributed by atoms with Gasteiger partial charge in [-0.15, -0.1) is 0 Å². The lowest BCUT2D eigenvalue weighted by Crippen LogP contribution is -2.32. The molecule has 0 atom stereocenters. The lowest BCUT2D eigenvalue weighted by Gasteiger charge is -2.15. The van der Waals surface area contributed by atoms with E-state index in [1.165, 1.54) is 32.5 Å². The molecule has 0 aromatic carbocycles. The van der Waals surface area contributed by atoms with Gasteiger partial charge < -0.3 is 0 Å². The highest BCUT2D eigenvalue weighted by Gasteiger charge is 2.09. The molecule has 0 aliphatic carbocycles. The Labute approximate surface area is 63.6 Å². The fourth-order valence-electron chi connectivity index (χ4n) is 1.19. The Balaban J connectivity index is 2.01. The fourth-order valence-corrected chi connectivity index (χ4v) is 1.19. The van der Waals surface area contributed by atoms with E-state index < -0.39 is 0 Å². The van der Waals surface area contributed by atoms with Gasteiger partial charge in [-0.05, 0) is 18.8 Å². The van der Waals surface area contributed by atoms with Crippen LogP contribution in [0.5, 0.6) is 0 Å². The van der Waals surface area contributed by atoms with Gasteiger partial charge in [0, 0.05) is 19.6 Å². The molecule has 2 heteroatoms. The molecule has 0 aromatic heterocycles. The van der Waals surface area contributed by atoms with Crippen molar-refractivity contribution in [3.8, 4) is 0 Å². The van der Waals surface area contributed by atoms with Gasteiger partial charge in [0.15, 0.2) is 0 Å². The molecular weight excluding hydrogens is 124 g/mol. The van der Waals surface area contributed by atoms with E-state index in [1.54, 1.807) is 0 Å². The zero-order chi connectivity index (χ0) is 7.40. The Kier molecular flexibility index (Phi) is 3.16. The van der Waals surface area contributed by atoms with Crippen molar-refractivity contribution >= 4 is 0 Å². The summed E-state index contributed by atoms with van der Waals surface area (Å²) >= 11 is 0. The molecule has 0 unspecified atom stereocenters. The predicted molar refractivity (Wildman–Crippen MR) is 43.6 cm³/mol. The van der Waals surface area contributed by atoms with Gasteiger partial charge in [-0.3, -0.25) is 5.43 Å². The summed E-state index contributed by atoms with van der Waals surface area (Å²) in [5, 5.41) is 2.33. The number of hydrogen-bond donors (Lipinski definition) is 1. The Morgan fingerprint density at radius 2 is 2.30 bits per heavy atom. The van der Waals surface area contributed by atoms with Crippen LogP contribution in [0.15, 0.2) is 0 Å². The van der Waals surface area contributed by atoms with Crippen LogP contribution in [0.2, 0.25) is 0 Å². The second-order valence-corrected chi connectivity index (χ2v) is 3.43. The lowest BCUT2D eigenvalue weighted by atomic mass is 10.1. The topological polar surface area (TPSA) is 15.3 Å². The van der Waals surface area contributed by atoms with Gasteiger partial charge in [0.1, 0.15) is 0 Å². The van der Waals surface area contributed by atoms with Crippen LogP contribution in [0.25, 0.3) is 0 Å². The van der Waals surface area contributed by atoms with Gasteiger partial charge in [0.25, 0.3) is 0 Å². The second kappa shape index (κ2) is 3.94. The minimum atomic E-state index is 0.836. The van der Waals surface area contributed by atoms with Gasteiger partial charge in [-0.1, -0.05) is 13.8 Å². The normalized spacial score (nSPS) is 20.7. The highest BCUT2D eigenvalue weighted by atomic mass is 15.5. The van der Waals surface area contributed by atoms with Gasteiger partial charge >= 0.3 is 0 Å². The van der Waals surface area contributed by atoms with Crippen LogP contribution in [-0.4, -0.2) is 24.6 Å². The Bertz CT molecular complexity index is 85.3. The highest BCUT2D eigenvalue weighted by molar-refractivity contribution is 4.61. The molecule has 0 bridgehead atoms. The van der Waals surface area contributed by atoms with Crippen molar-refractivity contribution in [3.63, 3.8) is 0 Å². The number of hydrogen-bond acceptors (Lipinski definition) is 2. The van der Waals surface area contributed by atoms with E-state index in [2.05, 4.69) is 24.3 Å². The average molecular weight is 142 g/mol. The molecule has 1 aliphatic heterocycles. The first-order valence-corrected chi connectivity index (χ1v) is 4.27. The Morgan fingerprint density at radius 1 is 1.50 bits per heavy atom. The largest absolute Gasteiger partial charge is 0.255 e. The molecule has 1 heterocycles. The smallest absolute Gasteiger partial charge is 0.0143 e. The molecule has 1 aliphatic rings. The summed E-state index contributed by atoms with van der Waals surface area (Å²) in [7, 11) is 0. The van der Waals surface area contributed by atoms with Crippen molar-refractivity contribution in [1.29, 1.82) is 0 Å². The molecule has 1 N–H and O–H groups in total. The van der Waals surface area contributed by atoms with Crippen LogP contribution in [-0.2, 0) is 0 Å². The van der Waals surface area contributed by atoms with Gasteiger partial charge in [0.2, 0.25) is 0 Å². The van der Waals surface area contributed by atoms with Crippen LogP contribution in [0.1, 0.15) is 26.7 Å². The van der Waals surface area contributed by atoms with Crippen LogP contribution < -0.4 is 5.43 Å². The summed E-state index contributed by atoms with van der Waals surface area (Å²) in [6, 6.07) is 0. The molecule has 0 spiro atoms. The second-order valence-electron chi connectivity index (χ2n) is 3.43. The first kappa shape index (κ1) is 8.02. The maximum absolute atomic E-state index is 3.35. The van der Waals surface area contributed by atoms with E-state index in [0.29, 0.717) is 0 Å². The van der Waals surface area contributed by atoms with Crippen LogP contribution in [0, 0.1) is 5.92 Å². The predicted octanol–water partition coefficient (Wildman–Crippen LogP) is 1.24. The number of nitrogens with one attached hydrogen (secondary N) is 1. The summed E-state index contributed by atoms with van der Waals surface area (Å²) in [5.74, 6) is 0.836. The summed E-state index contributed by atoms with van der Waals surface area (Å²) in [5.41, 5.74) is 3.35. The average Bonchev–Trinajstić information content (AvgIpc) is 2.34. The number of nitrogens with zero attached hydrogens (tertiary/aromatic N) is 1. The van der Waals surface area contributed by atoms with Crippen LogP contribution in [0.3, 0.4) is 0 Å². The van der Waals surface area contributed by atoms with Gasteiger partial charge in [0.05, 0.1) is 0 Å². The third kappa shape index (κ3) is 2.67. The monoisotopic (exact) mass is 142 g/mol. The van der Waals surface area contributed by atoms with Crippen molar-refractivity contribution in [3.05, 3.63) is 0 Å². The van der Waals surface area contributed by atoms with E-state index in [-0.39, 0.29) is 0 Å². The lowest BCUT2D eigenvalue weighted by molar-refractivity contribution is 0.238. The molecule has 1 rings (SSSR count).